The Morgan fingerprint density at radius 1 is 1.33 bits per heavy atom. The molecule has 154 valence electrons. The second kappa shape index (κ2) is 7.33. The molecule has 1 aromatic carbocycles. The molecule has 4 aromatic rings. The van der Waals surface area contributed by atoms with Gasteiger partial charge in [-0.3, -0.25) is 9.89 Å². The number of aromatic amines is 2. The molecule has 0 aliphatic heterocycles. The predicted molar refractivity (Wildman–Crippen MR) is 114 cm³/mol. The zero-order valence-electron chi connectivity index (χ0n) is 16.9. The number of carbonyl (C=O) groups is 1. The Morgan fingerprint density at radius 2 is 2.23 bits per heavy atom. The van der Waals surface area contributed by atoms with E-state index in [9.17, 15) is 4.79 Å². The number of anilines is 2. The first-order valence-electron chi connectivity index (χ1n) is 10.1. The first kappa shape index (κ1) is 18.4. The number of hydrogen-bond acceptors (Lipinski definition) is 6. The van der Waals surface area contributed by atoms with E-state index in [1.54, 1.807) is 13.3 Å². The Morgan fingerprint density at radius 3 is 3.07 bits per heavy atom. The van der Waals surface area contributed by atoms with E-state index in [-0.39, 0.29) is 11.8 Å². The van der Waals surface area contributed by atoms with Gasteiger partial charge >= 0.3 is 0 Å². The van der Waals surface area contributed by atoms with Crippen molar-refractivity contribution in [3.05, 3.63) is 35.9 Å². The Hall–Kier alpha value is -3.62. The van der Waals surface area contributed by atoms with E-state index in [1.165, 1.54) is 6.33 Å². The van der Waals surface area contributed by atoms with Crippen LogP contribution >= 0.6 is 0 Å². The first-order valence-corrected chi connectivity index (χ1v) is 10.1. The molecule has 1 aliphatic rings. The van der Waals surface area contributed by atoms with Crippen LogP contribution in [-0.4, -0.2) is 44.7 Å². The molecule has 30 heavy (non-hydrogen) atoms. The molecule has 0 radical (unpaired) electrons. The number of amides is 1. The number of hydrogen-bond donors (Lipinski definition) is 4. The van der Waals surface area contributed by atoms with Gasteiger partial charge in [0.1, 0.15) is 23.5 Å². The van der Waals surface area contributed by atoms with Crippen molar-refractivity contribution >= 4 is 39.3 Å². The summed E-state index contributed by atoms with van der Waals surface area (Å²) in [6, 6.07) is 3.88. The number of nitrogens with zero attached hydrogens (tertiary/aromatic N) is 3. The highest BCUT2D eigenvalue weighted by atomic mass is 16.5. The van der Waals surface area contributed by atoms with Crippen LogP contribution in [0.5, 0.6) is 5.75 Å². The van der Waals surface area contributed by atoms with Crippen molar-refractivity contribution in [2.75, 3.05) is 19.0 Å². The Bertz CT molecular complexity index is 1240. The van der Waals surface area contributed by atoms with Crippen LogP contribution in [0.25, 0.3) is 21.9 Å². The zero-order valence-corrected chi connectivity index (χ0v) is 16.9. The summed E-state index contributed by atoms with van der Waals surface area (Å²) in [7, 11) is 1.63. The third-order valence-corrected chi connectivity index (χ3v) is 5.71. The van der Waals surface area contributed by atoms with Crippen molar-refractivity contribution in [3.8, 4) is 5.75 Å². The van der Waals surface area contributed by atoms with Gasteiger partial charge in [-0.2, -0.15) is 5.10 Å². The zero-order chi connectivity index (χ0) is 20.7. The predicted octanol–water partition coefficient (Wildman–Crippen LogP) is 2.83. The molecule has 0 bridgehead atoms. The van der Waals surface area contributed by atoms with E-state index in [1.807, 2.05) is 19.1 Å². The summed E-state index contributed by atoms with van der Waals surface area (Å²) in [6.45, 7) is 2.58. The van der Waals surface area contributed by atoms with Gasteiger partial charge in [0.2, 0.25) is 5.91 Å². The quantitative estimate of drug-likeness (QED) is 0.405. The van der Waals surface area contributed by atoms with Crippen LogP contribution in [-0.2, 0) is 17.6 Å². The molecule has 3 aromatic heterocycles. The summed E-state index contributed by atoms with van der Waals surface area (Å²) in [5.41, 5.74) is 4.70. The van der Waals surface area contributed by atoms with Gasteiger partial charge in [-0.15, -0.1) is 0 Å². The van der Waals surface area contributed by atoms with Gasteiger partial charge in [-0.1, -0.05) is 0 Å². The monoisotopic (exact) mass is 405 g/mol. The number of fused-ring (bicyclic) bond motifs is 4. The number of benzene rings is 1. The summed E-state index contributed by atoms with van der Waals surface area (Å²) in [6.07, 6.45) is 5.62. The van der Waals surface area contributed by atoms with Gasteiger partial charge in [0, 0.05) is 29.6 Å². The topological polar surface area (TPSA) is 121 Å². The third kappa shape index (κ3) is 3.02. The highest BCUT2D eigenvalue weighted by Crippen LogP contribution is 2.37. The van der Waals surface area contributed by atoms with Crippen LogP contribution in [0.2, 0.25) is 0 Å². The standard InChI is InChI=1S/C21H23N7O2/c1-3-22-21(29)11-4-5-14-13(6-11)18-19(26-14)23-10-24-20(18)27-16-7-12-9-25-28-15(12)8-17(16)30-2/h7-11H,3-6H2,1-2H3,(H,22,29)(H,25,28)(H2,23,24,26,27)/t11-/m0/s1. The van der Waals surface area contributed by atoms with E-state index >= 15 is 0 Å². The van der Waals surface area contributed by atoms with Gasteiger partial charge < -0.3 is 20.4 Å². The molecular formula is C21H23N7O2. The minimum Gasteiger partial charge on any atom is -0.494 e. The van der Waals surface area contributed by atoms with E-state index in [0.717, 1.165) is 51.7 Å². The highest BCUT2D eigenvalue weighted by Gasteiger charge is 2.29. The van der Waals surface area contributed by atoms with E-state index in [2.05, 4.69) is 35.8 Å². The van der Waals surface area contributed by atoms with Crippen LogP contribution in [0.4, 0.5) is 11.5 Å². The molecule has 4 N–H and O–H groups in total. The Labute approximate surface area is 172 Å². The van der Waals surface area contributed by atoms with Crippen molar-refractivity contribution in [3.63, 3.8) is 0 Å². The van der Waals surface area contributed by atoms with Crippen LogP contribution in [0, 0.1) is 5.92 Å². The summed E-state index contributed by atoms with van der Waals surface area (Å²) in [4.78, 5) is 24.8. The van der Waals surface area contributed by atoms with Crippen molar-refractivity contribution in [1.29, 1.82) is 0 Å². The minimum atomic E-state index is -0.0404. The normalized spacial score (nSPS) is 15.9. The molecular weight excluding hydrogens is 382 g/mol. The molecule has 9 heteroatoms. The molecule has 9 nitrogen and oxygen atoms in total. The maximum Gasteiger partial charge on any atom is 0.223 e. The number of H-pyrrole nitrogens is 2. The maximum absolute atomic E-state index is 12.4. The van der Waals surface area contributed by atoms with Crippen molar-refractivity contribution in [1.82, 2.24) is 30.5 Å². The maximum atomic E-state index is 12.4. The smallest absolute Gasteiger partial charge is 0.223 e. The molecule has 3 heterocycles. The fourth-order valence-electron chi connectivity index (χ4n) is 4.24. The minimum absolute atomic E-state index is 0.0404. The molecule has 5 rings (SSSR count). The lowest BCUT2D eigenvalue weighted by Gasteiger charge is -2.21. The Kier molecular flexibility index (Phi) is 4.50. The van der Waals surface area contributed by atoms with Gasteiger partial charge in [0.15, 0.2) is 0 Å². The number of nitrogens with one attached hydrogen (secondary N) is 4. The van der Waals surface area contributed by atoms with Gasteiger partial charge in [0.05, 0.1) is 29.9 Å². The van der Waals surface area contributed by atoms with Crippen LogP contribution in [0.15, 0.2) is 24.7 Å². The fraction of sp³-hybridized carbons (Fsp3) is 0.333. The molecule has 0 saturated carbocycles. The Balaban J connectivity index is 1.56. The number of aromatic nitrogens is 5. The SMILES string of the molecule is CCNC(=O)[C@H]1CCc2[nH]c3ncnc(Nc4cc5cn[nH]c5cc4OC)c3c2C1. The number of aryl methyl sites for hydroxylation is 1. The largest absolute Gasteiger partial charge is 0.494 e. The van der Waals surface area contributed by atoms with Crippen LogP contribution < -0.4 is 15.4 Å². The number of carbonyl (C=O) groups excluding carboxylic acids is 1. The second-order valence-corrected chi connectivity index (χ2v) is 7.50. The highest BCUT2D eigenvalue weighted by molar-refractivity contribution is 5.96. The third-order valence-electron chi connectivity index (χ3n) is 5.71. The average molecular weight is 405 g/mol. The van der Waals surface area contributed by atoms with Gasteiger partial charge in [0.25, 0.3) is 0 Å². The lowest BCUT2D eigenvalue weighted by molar-refractivity contribution is -0.125. The summed E-state index contributed by atoms with van der Waals surface area (Å²) in [5.74, 6) is 1.44. The van der Waals surface area contributed by atoms with E-state index in [0.29, 0.717) is 24.5 Å². The summed E-state index contributed by atoms with van der Waals surface area (Å²) < 4.78 is 5.56. The molecule has 0 fully saturated rings. The molecule has 1 atom stereocenters. The lowest BCUT2D eigenvalue weighted by atomic mass is 9.86. The van der Waals surface area contributed by atoms with Crippen molar-refractivity contribution in [2.45, 2.75) is 26.2 Å². The van der Waals surface area contributed by atoms with Crippen molar-refractivity contribution in [2.24, 2.45) is 5.92 Å². The second-order valence-electron chi connectivity index (χ2n) is 7.50. The first-order chi connectivity index (χ1) is 14.7. The molecule has 1 amide bonds. The van der Waals surface area contributed by atoms with Crippen LogP contribution in [0.3, 0.4) is 0 Å². The summed E-state index contributed by atoms with van der Waals surface area (Å²) in [5, 5.41) is 15.3. The molecule has 0 saturated heterocycles. The fourth-order valence-corrected chi connectivity index (χ4v) is 4.24. The van der Waals surface area contributed by atoms with E-state index < -0.39 is 0 Å². The molecule has 0 unspecified atom stereocenters. The van der Waals surface area contributed by atoms with Crippen LogP contribution in [0.1, 0.15) is 24.6 Å². The molecule has 1 aliphatic carbocycles. The van der Waals surface area contributed by atoms with Gasteiger partial charge in [-0.25, -0.2) is 9.97 Å². The lowest BCUT2D eigenvalue weighted by Crippen LogP contribution is -2.33. The number of ether oxygens (including phenoxy) is 1. The molecule has 0 spiro atoms. The van der Waals surface area contributed by atoms with Crippen molar-refractivity contribution < 1.29 is 9.53 Å². The van der Waals surface area contributed by atoms with E-state index in [4.69, 9.17) is 4.74 Å². The average Bonchev–Trinajstić information content (AvgIpc) is 3.36. The number of methoxy groups -OCH3 is 1. The number of rotatable bonds is 5. The summed E-state index contributed by atoms with van der Waals surface area (Å²) >= 11 is 0. The van der Waals surface area contributed by atoms with Gasteiger partial charge in [-0.05, 0) is 37.8 Å².